The van der Waals surface area contributed by atoms with E-state index in [0.29, 0.717) is 11.3 Å². The Morgan fingerprint density at radius 1 is 1.50 bits per heavy atom. The lowest BCUT2D eigenvalue weighted by molar-refractivity contribution is 0.0994. The standard InChI is InChI=1S/C12H11BrO3/c1-7-9-4-3-8(15-2)5-11(9)16-12(7)10(14)6-13/h3-5H,6H2,1-2H3. The van der Waals surface area contributed by atoms with E-state index < -0.39 is 0 Å². The number of methoxy groups -OCH3 is 1. The van der Waals surface area contributed by atoms with Crippen LogP contribution in [0.25, 0.3) is 11.0 Å². The molecule has 0 aliphatic heterocycles. The van der Waals surface area contributed by atoms with Crippen LogP contribution in [0, 0.1) is 6.92 Å². The number of halogens is 1. The van der Waals surface area contributed by atoms with E-state index in [9.17, 15) is 4.79 Å². The van der Waals surface area contributed by atoms with Crippen LogP contribution in [-0.2, 0) is 0 Å². The van der Waals surface area contributed by atoms with Crippen molar-refractivity contribution in [3.63, 3.8) is 0 Å². The lowest BCUT2D eigenvalue weighted by atomic mass is 10.1. The van der Waals surface area contributed by atoms with Crippen LogP contribution in [0.2, 0.25) is 0 Å². The minimum Gasteiger partial charge on any atom is -0.497 e. The molecule has 3 nitrogen and oxygen atoms in total. The van der Waals surface area contributed by atoms with Crippen molar-refractivity contribution >= 4 is 32.7 Å². The molecule has 0 atom stereocenters. The summed E-state index contributed by atoms with van der Waals surface area (Å²) in [5.41, 5.74) is 1.56. The van der Waals surface area contributed by atoms with Crippen molar-refractivity contribution in [3.8, 4) is 5.75 Å². The molecule has 0 N–H and O–H groups in total. The molecule has 0 radical (unpaired) electrons. The predicted octanol–water partition coefficient (Wildman–Crippen LogP) is 3.33. The molecule has 1 heterocycles. The summed E-state index contributed by atoms with van der Waals surface area (Å²) in [6.45, 7) is 1.88. The Hall–Kier alpha value is -1.29. The van der Waals surface area contributed by atoms with Crippen LogP contribution in [-0.4, -0.2) is 18.2 Å². The van der Waals surface area contributed by atoms with Crippen LogP contribution >= 0.6 is 15.9 Å². The van der Waals surface area contributed by atoms with Crippen molar-refractivity contribution < 1.29 is 13.9 Å². The van der Waals surface area contributed by atoms with E-state index in [-0.39, 0.29) is 11.1 Å². The van der Waals surface area contributed by atoms with Crippen molar-refractivity contribution in [1.82, 2.24) is 0 Å². The van der Waals surface area contributed by atoms with Gasteiger partial charge in [-0.25, -0.2) is 0 Å². The van der Waals surface area contributed by atoms with E-state index in [1.54, 1.807) is 13.2 Å². The van der Waals surface area contributed by atoms with Gasteiger partial charge >= 0.3 is 0 Å². The molecular formula is C12H11BrO3. The molecule has 2 rings (SSSR count). The summed E-state index contributed by atoms with van der Waals surface area (Å²) in [7, 11) is 1.60. The van der Waals surface area contributed by atoms with Gasteiger partial charge in [-0.2, -0.15) is 0 Å². The average Bonchev–Trinajstić information content (AvgIpc) is 2.65. The number of ether oxygens (including phenoxy) is 1. The number of ketones is 1. The molecule has 1 aromatic carbocycles. The third kappa shape index (κ3) is 1.73. The third-order valence-corrected chi connectivity index (χ3v) is 3.03. The lowest BCUT2D eigenvalue weighted by Gasteiger charge is -1.97. The highest BCUT2D eigenvalue weighted by Crippen LogP contribution is 2.28. The highest BCUT2D eigenvalue weighted by molar-refractivity contribution is 9.09. The van der Waals surface area contributed by atoms with Crippen molar-refractivity contribution in [1.29, 1.82) is 0 Å². The SMILES string of the molecule is COc1ccc2c(C)c(C(=O)CBr)oc2c1. The first-order chi connectivity index (χ1) is 7.67. The number of furan rings is 1. The number of alkyl halides is 1. The van der Waals surface area contributed by atoms with Gasteiger partial charge in [0.05, 0.1) is 12.4 Å². The van der Waals surface area contributed by atoms with Gasteiger partial charge in [0.15, 0.2) is 5.76 Å². The zero-order valence-electron chi connectivity index (χ0n) is 9.04. The highest BCUT2D eigenvalue weighted by atomic mass is 79.9. The Bertz CT molecular complexity index is 542. The normalized spacial score (nSPS) is 10.7. The number of hydrogen-bond acceptors (Lipinski definition) is 3. The van der Waals surface area contributed by atoms with Crippen molar-refractivity contribution in [2.24, 2.45) is 0 Å². The quantitative estimate of drug-likeness (QED) is 0.640. The fourth-order valence-corrected chi connectivity index (χ4v) is 1.91. The van der Waals surface area contributed by atoms with Gasteiger partial charge in [0, 0.05) is 17.0 Å². The van der Waals surface area contributed by atoms with E-state index >= 15 is 0 Å². The molecule has 0 aliphatic rings. The Labute approximate surface area is 102 Å². The van der Waals surface area contributed by atoms with E-state index in [1.807, 2.05) is 19.1 Å². The Kier molecular flexibility index (Phi) is 3.01. The first-order valence-electron chi connectivity index (χ1n) is 4.83. The van der Waals surface area contributed by atoms with Crippen molar-refractivity contribution in [2.75, 3.05) is 12.4 Å². The minimum atomic E-state index is -0.0485. The van der Waals surface area contributed by atoms with Crippen LogP contribution in [0.15, 0.2) is 22.6 Å². The zero-order chi connectivity index (χ0) is 11.7. The minimum absolute atomic E-state index is 0.0485. The van der Waals surface area contributed by atoms with Gasteiger partial charge in [-0.05, 0) is 19.1 Å². The molecular weight excluding hydrogens is 272 g/mol. The molecule has 4 heteroatoms. The summed E-state index contributed by atoms with van der Waals surface area (Å²) in [5, 5.41) is 1.22. The molecule has 0 spiro atoms. The molecule has 1 aromatic heterocycles. The molecule has 0 saturated heterocycles. The number of fused-ring (bicyclic) bond motifs is 1. The van der Waals surface area contributed by atoms with Crippen LogP contribution in [0.3, 0.4) is 0 Å². The number of carbonyl (C=O) groups excluding carboxylic acids is 1. The summed E-state index contributed by atoms with van der Waals surface area (Å²) in [6.07, 6.45) is 0. The zero-order valence-corrected chi connectivity index (χ0v) is 10.6. The Morgan fingerprint density at radius 2 is 2.25 bits per heavy atom. The second kappa shape index (κ2) is 4.29. The monoisotopic (exact) mass is 282 g/mol. The van der Waals surface area contributed by atoms with Gasteiger partial charge < -0.3 is 9.15 Å². The fraction of sp³-hybridized carbons (Fsp3) is 0.250. The molecule has 16 heavy (non-hydrogen) atoms. The van der Waals surface area contributed by atoms with Gasteiger partial charge in [-0.1, -0.05) is 15.9 Å². The summed E-state index contributed by atoms with van der Waals surface area (Å²) in [6, 6.07) is 5.54. The van der Waals surface area contributed by atoms with Gasteiger partial charge in [0.2, 0.25) is 5.78 Å². The maximum atomic E-state index is 11.6. The summed E-state index contributed by atoms with van der Waals surface area (Å²) in [4.78, 5) is 11.6. The first-order valence-corrected chi connectivity index (χ1v) is 5.96. The summed E-state index contributed by atoms with van der Waals surface area (Å²) < 4.78 is 10.6. The third-order valence-electron chi connectivity index (χ3n) is 2.52. The van der Waals surface area contributed by atoms with Gasteiger partial charge in [0.1, 0.15) is 11.3 Å². The lowest BCUT2D eigenvalue weighted by Crippen LogP contribution is -1.99. The Morgan fingerprint density at radius 3 is 2.88 bits per heavy atom. The second-order valence-electron chi connectivity index (χ2n) is 3.48. The highest BCUT2D eigenvalue weighted by Gasteiger charge is 2.16. The van der Waals surface area contributed by atoms with Crippen LogP contribution in [0.5, 0.6) is 5.75 Å². The van der Waals surface area contributed by atoms with E-state index in [2.05, 4.69) is 15.9 Å². The molecule has 0 unspecified atom stereocenters. The van der Waals surface area contributed by atoms with Crippen LogP contribution in [0.1, 0.15) is 16.1 Å². The van der Waals surface area contributed by atoms with Crippen molar-refractivity contribution in [2.45, 2.75) is 6.92 Å². The van der Waals surface area contributed by atoms with Crippen LogP contribution in [0.4, 0.5) is 0 Å². The maximum Gasteiger partial charge on any atom is 0.208 e. The van der Waals surface area contributed by atoms with Crippen LogP contribution < -0.4 is 4.74 Å². The molecule has 0 amide bonds. The van der Waals surface area contributed by atoms with Gasteiger partial charge in [0.25, 0.3) is 0 Å². The number of rotatable bonds is 3. The summed E-state index contributed by atoms with van der Waals surface area (Å²) >= 11 is 3.14. The largest absolute Gasteiger partial charge is 0.497 e. The molecule has 0 saturated carbocycles. The predicted molar refractivity (Wildman–Crippen MR) is 65.6 cm³/mol. The number of carbonyl (C=O) groups is 1. The maximum absolute atomic E-state index is 11.6. The van der Waals surface area contributed by atoms with E-state index in [0.717, 1.165) is 16.7 Å². The van der Waals surface area contributed by atoms with E-state index in [4.69, 9.17) is 9.15 Å². The first kappa shape index (κ1) is 11.2. The van der Waals surface area contributed by atoms with E-state index in [1.165, 1.54) is 0 Å². The number of benzene rings is 1. The number of aryl methyl sites for hydroxylation is 1. The topological polar surface area (TPSA) is 39.4 Å². The van der Waals surface area contributed by atoms with Gasteiger partial charge in [-0.15, -0.1) is 0 Å². The summed E-state index contributed by atoms with van der Waals surface area (Å²) in [5.74, 6) is 1.09. The van der Waals surface area contributed by atoms with Gasteiger partial charge in [-0.3, -0.25) is 4.79 Å². The molecule has 0 fully saturated rings. The smallest absolute Gasteiger partial charge is 0.208 e. The molecule has 84 valence electrons. The fourth-order valence-electron chi connectivity index (χ4n) is 1.66. The molecule has 0 bridgehead atoms. The van der Waals surface area contributed by atoms with Crippen molar-refractivity contribution in [3.05, 3.63) is 29.5 Å². The number of Topliss-reactive ketones (excluding diaryl/α,β-unsaturated/α-hetero) is 1. The molecule has 0 aliphatic carbocycles. The Balaban J connectivity index is 2.63. The average molecular weight is 283 g/mol. The number of hydrogen-bond donors (Lipinski definition) is 0. The molecule has 2 aromatic rings. The second-order valence-corrected chi connectivity index (χ2v) is 4.04.